The number of phenols is 1. The number of fused-ring (bicyclic) bond motifs is 1. The van der Waals surface area contributed by atoms with Gasteiger partial charge in [0, 0.05) is 24.9 Å². The van der Waals surface area contributed by atoms with Crippen molar-refractivity contribution in [2.24, 2.45) is 0 Å². The predicted molar refractivity (Wildman–Crippen MR) is 94.5 cm³/mol. The quantitative estimate of drug-likeness (QED) is 0.770. The van der Waals surface area contributed by atoms with Crippen LogP contribution in [0.5, 0.6) is 5.75 Å². The van der Waals surface area contributed by atoms with Gasteiger partial charge in [-0.25, -0.2) is 4.98 Å². The van der Waals surface area contributed by atoms with Gasteiger partial charge < -0.3 is 15.2 Å². The first-order chi connectivity index (χ1) is 11.7. The topological polar surface area (TPSA) is 58.8 Å². The number of aromatic hydroxyl groups is 1. The summed E-state index contributed by atoms with van der Waals surface area (Å²) >= 11 is 0. The molecule has 1 aromatic carbocycles. The van der Waals surface area contributed by atoms with E-state index in [-0.39, 0.29) is 11.9 Å². The van der Waals surface area contributed by atoms with Crippen molar-refractivity contribution < 1.29 is 9.84 Å². The van der Waals surface area contributed by atoms with Crippen molar-refractivity contribution in [3.8, 4) is 17.0 Å². The number of hydrogen-bond acceptors (Lipinski definition) is 4. The first-order valence-electron chi connectivity index (χ1n) is 8.35. The third kappa shape index (κ3) is 2.71. The molecule has 1 atom stereocenters. The number of para-hydroxylation sites is 1. The van der Waals surface area contributed by atoms with Gasteiger partial charge in [0.15, 0.2) is 0 Å². The summed E-state index contributed by atoms with van der Waals surface area (Å²) in [6.07, 6.45) is 4.49. The van der Waals surface area contributed by atoms with Crippen LogP contribution in [-0.4, -0.2) is 33.7 Å². The van der Waals surface area contributed by atoms with Gasteiger partial charge in [-0.3, -0.25) is 4.40 Å². The smallest absolute Gasteiger partial charge is 0.139 e. The number of anilines is 1. The van der Waals surface area contributed by atoms with Crippen molar-refractivity contribution in [1.29, 1.82) is 0 Å². The van der Waals surface area contributed by atoms with E-state index in [0.29, 0.717) is 0 Å². The molecule has 0 radical (unpaired) electrons. The Hall–Kier alpha value is -2.53. The number of pyridine rings is 1. The molecular formula is C19H21N3O2. The SMILES string of the molecule is Cc1ccc2nc(-c3ccccc3O)c(NCC3CCCO3)n2c1. The molecule has 0 aliphatic carbocycles. The number of ether oxygens (including phenoxy) is 1. The lowest BCUT2D eigenvalue weighted by Gasteiger charge is -2.13. The minimum absolute atomic E-state index is 0.234. The Labute approximate surface area is 140 Å². The zero-order chi connectivity index (χ0) is 16.5. The molecule has 2 aromatic heterocycles. The van der Waals surface area contributed by atoms with Crippen molar-refractivity contribution in [1.82, 2.24) is 9.38 Å². The second kappa shape index (κ2) is 6.17. The highest BCUT2D eigenvalue weighted by Crippen LogP contribution is 2.34. The Bertz CT molecular complexity index is 866. The predicted octanol–water partition coefficient (Wildman–Crippen LogP) is 3.61. The molecule has 1 unspecified atom stereocenters. The fraction of sp³-hybridized carbons (Fsp3) is 0.316. The lowest BCUT2D eigenvalue weighted by Crippen LogP contribution is -2.19. The molecule has 0 spiro atoms. The van der Waals surface area contributed by atoms with Gasteiger partial charge in [-0.1, -0.05) is 18.2 Å². The third-order valence-corrected chi connectivity index (χ3v) is 4.45. The van der Waals surface area contributed by atoms with Crippen molar-refractivity contribution in [3.63, 3.8) is 0 Å². The van der Waals surface area contributed by atoms with Crippen LogP contribution in [0.25, 0.3) is 16.9 Å². The monoisotopic (exact) mass is 323 g/mol. The minimum Gasteiger partial charge on any atom is -0.507 e. The molecular weight excluding hydrogens is 302 g/mol. The van der Waals surface area contributed by atoms with Crippen molar-refractivity contribution in [2.75, 3.05) is 18.5 Å². The van der Waals surface area contributed by atoms with Gasteiger partial charge in [-0.15, -0.1) is 0 Å². The number of nitrogens with zero attached hydrogens (tertiary/aromatic N) is 2. The molecule has 1 aliphatic rings. The fourth-order valence-electron chi connectivity index (χ4n) is 3.20. The molecule has 1 saturated heterocycles. The van der Waals surface area contributed by atoms with Gasteiger partial charge in [-0.05, 0) is 43.5 Å². The van der Waals surface area contributed by atoms with E-state index in [1.807, 2.05) is 34.7 Å². The molecule has 5 nitrogen and oxygen atoms in total. The average molecular weight is 323 g/mol. The van der Waals surface area contributed by atoms with Gasteiger partial charge in [0.1, 0.15) is 22.9 Å². The molecule has 1 fully saturated rings. The summed E-state index contributed by atoms with van der Waals surface area (Å²) in [6.45, 7) is 3.64. The van der Waals surface area contributed by atoms with Crippen LogP contribution in [0.1, 0.15) is 18.4 Å². The van der Waals surface area contributed by atoms with Crippen LogP contribution in [-0.2, 0) is 4.74 Å². The maximum Gasteiger partial charge on any atom is 0.139 e. The lowest BCUT2D eigenvalue weighted by atomic mass is 10.1. The molecule has 3 heterocycles. The number of hydrogen-bond donors (Lipinski definition) is 2. The van der Waals surface area contributed by atoms with Gasteiger partial charge in [0.25, 0.3) is 0 Å². The summed E-state index contributed by atoms with van der Waals surface area (Å²) < 4.78 is 7.76. The Balaban J connectivity index is 1.79. The summed E-state index contributed by atoms with van der Waals surface area (Å²) in [5, 5.41) is 13.7. The van der Waals surface area contributed by atoms with E-state index in [0.717, 1.165) is 54.3 Å². The van der Waals surface area contributed by atoms with Gasteiger partial charge in [-0.2, -0.15) is 0 Å². The first kappa shape index (κ1) is 15.0. The normalized spacial score (nSPS) is 17.5. The van der Waals surface area contributed by atoms with Gasteiger partial charge >= 0.3 is 0 Å². The number of rotatable bonds is 4. The molecule has 0 amide bonds. The number of nitrogens with one attached hydrogen (secondary N) is 1. The summed E-state index contributed by atoms with van der Waals surface area (Å²) in [7, 11) is 0. The third-order valence-electron chi connectivity index (χ3n) is 4.45. The minimum atomic E-state index is 0.234. The van der Waals surface area contributed by atoms with Crippen LogP contribution in [0.4, 0.5) is 5.82 Å². The van der Waals surface area contributed by atoms with Crippen LogP contribution in [0.2, 0.25) is 0 Å². The van der Waals surface area contributed by atoms with E-state index in [9.17, 15) is 5.11 Å². The highest BCUT2D eigenvalue weighted by atomic mass is 16.5. The van der Waals surface area contributed by atoms with Gasteiger partial charge in [0.2, 0.25) is 0 Å². The fourth-order valence-corrected chi connectivity index (χ4v) is 3.20. The number of benzene rings is 1. The van der Waals surface area contributed by atoms with Crippen molar-refractivity contribution >= 4 is 11.5 Å². The Kier molecular flexibility index (Phi) is 3.86. The Morgan fingerprint density at radius 2 is 2.17 bits per heavy atom. The Morgan fingerprint density at radius 1 is 1.29 bits per heavy atom. The maximum atomic E-state index is 10.2. The summed E-state index contributed by atoms with van der Waals surface area (Å²) in [5.41, 5.74) is 3.50. The molecule has 0 saturated carbocycles. The highest BCUT2D eigenvalue weighted by molar-refractivity contribution is 5.80. The van der Waals surface area contributed by atoms with Gasteiger partial charge in [0.05, 0.1) is 6.10 Å². The van der Waals surface area contributed by atoms with Crippen LogP contribution >= 0.6 is 0 Å². The zero-order valence-electron chi connectivity index (χ0n) is 13.7. The molecule has 4 rings (SSSR count). The molecule has 124 valence electrons. The second-order valence-corrected chi connectivity index (χ2v) is 6.28. The first-order valence-corrected chi connectivity index (χ1v) is 8.35. The summed E-state index contributed by atoms with van der Waals surface area (Å²) in [6, 6.07) is 11.3. The highest BCUT2D eigenvalue weighted by Gasteiger charge is 2.20. The van der Waals surface area contributed by atoms with Crippen LogP contribution < -0.4 is 5.32 Å². The molecule has 24 heavy (non-hydrogen) atoms. The second-order valence-electron chi connectivity index (χ2n) is 6.28. The molecule has 5 heteroatoms. The molecule has 1 aliphatic heterocycles. The summed E-state index contributed by atoms with van der Waals surface area (Å²) in [5.74, 6) is 1.13. The summed E-state index contributed by atoms with van der Waals surface area (Å²) in [4.78, 5) is 4.73. The maximum absolute atomic E-state index is 10.2. The molecule has 3 aromatic rings. The van der Waals surface area contributed by atoms with Crippen molar-refractivity contribution in [3.05, 3.63) is 48.2 Å². The number of aromatic nitrogens is 2. The number of aryl methyl sites for hydroxylation is 1. The average Bonchev–Trinajstić information content (AvgIpc) is 3.21. The van der Waals surface area contributed by atoms with E-state index in [1.54, 1.807) is 6.07 Å². The Morgan fingerprint density at radius 3 is 2.96 bits per heavy atom. The van der Waals surface area contributed by atoms with Crippen LogP contribution in [0.3, 0.4) is 0 Å². The van der Waals surface area contributed by atoms with E-state index in [1.165, 1.54) is 0 Å². The number of imidazole rings is 1. The molecule has 0 bridgehead atoms. The number of phenolic OH excluding ortho intramolecular Hbond substituents is 1. The largest absolute Gasteiger partial charge is 0.507 e. The molecule has 2 N–H and O–H groups in total. The van der Waals surface area contributed by atoms with E-state index >= 15 is 0 Å². The van der Waals surface area contributed by atoms with Crippen LogP contribution in [0.15, 0.2) is 42.6 Å². The van der Waals surface area contributed by atoms with Crippen LogP contribution in [0, 0.1) is 6.92 Å². The lowest BCUT2D eigenvalue weighted by molar-refractivity contribution is 0.120. The van der Waals surface area contributed by atoms with E-state index in [4.69, 9.17) is 9.72 Å². The van der Waals surface area contributed by atoms with Crippen molar-refractivity contribution in [2.45, 2.75) is 25.9 Å². The zero-order valence-corrected chi connectivity index (χ0v) is 13.7. The van der Waals surface area contributed by atoms with E-state index in [2.05, 4.69) is 18.4 Å². The standard InChI is InChI=1S/C19H21N3O2/c1-13-8-9-17-21-18(15-6-2-3-7-16(15)23)19(22(17)12-13)20-11-14-5-4-10-24-14/h2-3,6-9,12,14,20,23H,4-5,10-11H2,1H3. The van der Waals surface area contributed by atoms with E-state index < -0.39 is 0 Å².